The molecule has 0 bridgehead atoms. The molecule has 0 spiro atoms. The maximum absolute atomic E-state index is 11.9. The monoisotopic (exact) mass is 174 g/mol. The van der Waals surface area contributed by atoms with Gasteiger partial charge in [0, 0.05) is 0 Å². The second-order valence-corrected chi connectivity index (χ2v) is 2.85. The van der Waals surface area contributed by atoms with Crippen LogP contribution in [0.3, 0.4) is 0 Å². The molecule has 0 aliphatic heterocycles. The third kappa shape index (κ3) is 2.99. The summed E-state index contributed by atoms with van der Waals surface area (Å²) < 4.78 is 34.6. The first-order valence-corrected chi connectivity index (χ1v) is 4.14. The Kier molecular flexibility index (Phi) is 2.09. The van der Waals surface area contributed by atoms with Crippen molar-refractivity contribution in [3.05, 3.63) is 30.3 Å². The predicted octanol–water partition coefficient (Wildman–Crippen LogP) is 1.14. The quantitative estimate of drug-likeness (QED) is 0.631. The van der Waals surface area contributed by atoms with Gasteiger partial charge in [0.1, 0.15) is 0 Å². The van der Waals surface area contributed by atoms with Gasteiger partial charge in [-0.25, -0.2) is 0 Å². The minimum absolute atomic E-state index is 0.0926. The minimum atomic E-state index is -4.75. The van der Waals surface area contributed by atoms with Crippen molar-refractivity contribution in [2.45, 2.75) is 0 Å². The molecule has 11 heavy (non-hydrogen) atoms. The van der Waals surface area contributed by atoms with Crippen molar-refractivity contribution in [1.29, 1.82) is 0 Å². The van der Waals surface area contributed by atoms with Crippen LogP contribution in [0.2, 0.25) is 0 Å². The smallest absolute Gasteiger partial charge is 0.170 e. The second kappa shape index (κ2) is 2.87. The van der Waals surface area contributed by atoms with Crippen LogP contribution >= 0.6 is 0 Å². The molecule has 1 rings (SSSR count). The molecule has 3 nitrogen and oxygen atoms in total. The Hall–Kier alpha value is -1.10. The number of hydrogen-bond acceptors (Lipinski definition) is 2. The number of rotatable bonds is 2. The lowest BCUT2D eigenvalue weighted by Gasteiger charge is -1.93. The zero-order chi connectivity index (χ0) is 8.32. The second-order valence-electron chi connectivity index (χ2n) is 1.84. The summed E-state index contributed by atoms with van der Waals surface area (Å²) in [5.74, 6) is 0. The maximum atomic E-state index is 11.9. The minimum Gasteiger partial charge on any atom is -0.170 e. The van der Waals surface area contributed by atoms with Crippen molar-refractivity contribution in [2.24, 2.45) is 0 Å². The Morgan fingerprint density at radius 2 is 1.73 bits per heavy atom. The molecule has 1 radical (unpaired) electrons. The van der Waals surface area contributed by atoms with Crippen molar-refractivity contribution < 1.29 is 12.3 Å². The van der Waals surface area contributed by atoms with Gasteiger partial charge in [-0.2, -0.15) is 8.42 Å². The predicted molar refractivity (Wildman–Crippen MR) is 38.3 cm³/mol. The summed E-state index contributed by atoms with van der Waals surface area (Å²) >= 11 is 0. The molecule has 0 aromatic heterocycles. The number of halogens is 1. The van der Waals surface area contributed by atoms with Crippen LogP contribution < -0.4 is 4.72 Å². The van der Waals surface area contributed by atoms with E-state index in [1.54, 1.807) is 18.2 Å². The highest BCUT2D eigenvalue weighted by Crippen LogP contribution is 2.07. The first-order chi connectivity index (χ1) is 5.08. The van der Waals surface area contributed by atoms with Crippen LogP contribution in [0.25, 0.3) is 0 Å². The summed E-state index contributed by atoms with van der Waals surface area (Å²) in [6.45, 7) is 0. The van der Waals surface area contributed by atoms with Crippen molar-refractivity contribution in [2.75, 3.05) is 0 Å². The Bertz CT molecular complexity index is 322. The molecule has 0 atom stereocenters. The van der Waals surface area contributed by atoms with E-state index in [2.05, 4.69) is 4.72 Å². The van der Waals surface area contributed by atoms with Crippen molar-refractivity contribution in [3.63, 3.8) is 0 Å². The average Bonchev–Trinajstić information content (AvgIpc) is 1.85. The van der Waals surface area contributed by atoms with Crippen LogP contribution in [-0.4, -0.2) is 8.42 Å². The van der Waals surface area contributed by atoms with Crippen molar-refractivity contribution >= 4 is 16.1 Å². The van der Waals surface area contributed by atoms with E-state index in [0.717, 1.165) is 0 Å². The van der Waals surface area contributed by atoms with Gasteiger partial charge >= 0.3 is 10.4 Å². The fourth-order valence-corrected chi connectivity index (χ4v) is 0.988. The van der Waals surface area contributed by atoms with Crippen LogP contribution in [0, 0.1) is 0 Å². The van der Waals surface area contributed by atoms with Crippen LogP contribution in [0.5, 0.6) is 0 Å². The zero-order valence-electron chi connectivity index (χ0n) is 5.44. The highest BCUT2D eigenvalue weighted by Gasteiger charge is 2.07. The summed E-state index contributed by atoms with van der Waals surface area (Å²) in [5, 5.41) is 0. The zero-order valence-corrected chi connectivity index (χ0v) is 6.25. The largest absolute Gasteiger partial charge is 0.418 e. The van der Waals surface area contributed by atoms with E-state index in [1.807, 2.05) is 0 Å². The van der Waals surface area contributed by atoms with Crippen molar-refractivity contribution in [1.82, 2.24) is 4.72 Å². The van der Waals surface area contributed by atoms with E-state index in [0.29, 0.717) is 0 Å². The number of hydrogen-bond donors (Lipinski definition) is 0. The molecule has 0 saturated heterocycles. The van der Waals surface area contributed by atoms with Gasteiger partial charge < -0.3 is 0 Å². The molecule has 0 fully saturated rings. The van der Waals surface area contributed by atoms with E-state index in [-0.39, 0.29) is 5.69 Å². The van der Waals surface area contributed by atoms with Gasteiger partial charge in [-0.05, 0) is 12.1 Å². The Morgan fingerprint density at radius 3 is 2.18 bits per heavy atom. The molecule has 5 heteroatoms. The molecular weight excluding hydrogens is 169 g/mol. The fraction of sp³-hybridized carbons (Fsp3) is 0. The van der Waals surface area contributed by atoms with Gasteiger partial charge in [-0.1, -0.05) is 22.1 Å². The summed E-state index contributed by atoms with van der Waals surface area (Å²) in [5.41, 5.74) is 0.0926. The molecule has 0 aliphatic carbocycles. The standard InChI is InChI=1S/C6H5FNO2S/c7-11(9,10)8-6-4-2-1-3-5-6/h1-5H. The molecule has 0 unspecified atom stereocenters. The highest BCUT2D eigenvalue weighted by atomic mass is 32.3. The lowest BCUT2D eigenvalue weighted by atomic mass is 10.3. The van der Waals surface area contributed by atoms with Crippen LogP contribution in [0.1, 0.15) is 0 Å². The van der Waals surface area contributed by atoms with Crippen LogP contribution in [-0.2, 0) is 10.4 Å². The van der Waals surface area contributed by atoms with Gasteiger partial charge in [0.15, 0.2) is 0 Å². The Balaban J connectivity index is 2.82. The van der Waals surface area contributed by atoms with Gasteiger partial charge in [0.25, 0.3) is 0 Å². The van der Waals surface area contributed by atoms with E-state index in [4.69, 9.17) is 0 Å². The van der Waals surface area contributed by atoms with Crippen molar-refractivity contribution in [3.8, 4) is 0 Å². The summed E-state index contributed by atoms with van der Waals surface area (Å²) in [7, 11) is -4.75. The molecular formula is C6H5FNO2S. The lowest BCUT2D eigenvalue weighted by molar-refractivity contribution is 0.545. The topological polar surface area (TPSA) is 48.2 Å². The van der Waals surface area contributed by atoms with Gasteiger partial charge in [0.05, 0.1) is 5.69 Å². The van der Waals surface area contributed by atoms with Gasteiger partial charge in [0.2, 0.25) is 0 Å². The Labute approximate surface area is 64.2 Å². The fourth-order valence-electron chi connectivity index (χ4n) is 0.615. The molecule has 0 heterocycles. The Morgan fingerprint density at radius 1 is 1.18 bits per heavy atom. The van der Waals surface area contributed by atoms with E-state index < -0.39 is 10.4 Å². The maximum Gasteiger partial charge on any atom is 0.418 e. The highest BCUT2D eigenvalue weighted by molar-refractivity contribution is 7.84. The molecule has 0 saturated carbocycles. The number of nitrogens with zero attached hydrogens (tertiary/aromatic N) is 1. The van der Waals surface area contributed by atoms with Crippen LogP contribution in [0.15, 0.2) is 30.3 Å². The third-order valence-corrected chi connectivity index (χ3v) is 1.40. The summed E-state index contributed by atoms with van der Waals surface area (Å²) in [4.78, 5) is 0. The van der Waals surface area contributed by atoms with E-state index in [9.17, 15) is 12.3 Å². The molecule has 59 valence electrons. The third-order valence-electron chi connectivity index (χ3n) is 0.971. The van der Waals surface area contributed by atoms with Crippen LogP contribution in [0.4, 0.5) is 9.57 Å². The lowest BCUT2D eigenvalue weighted by Crippen LogP contribution is -2.03. The molecule has 1 aromatic carbocycles. The van der Waals surface area contributed by atoms with Gasteiger partial charge in [-0.3, -0.25) is 0 Å². The van der Waals surface area contributed by atoms with E-state index in [1.165, 1.54) is 12.1 Å². The summed E-state index contributed by atoms with van der Waals surface area (Å²) in [6, 6.07) is 7.63. The SMILES string of the molecule is O=S(=O)(F)[N]c1ccccc1. The molecule has 0 aliphatic rings. The average molecular weight is 174 g/mol. The first kappa shape index (κ1) is 8.00. The molecule has 0 N–H and O–H groups in total. The number of benzene rings is 1. The molecule has 0 amide bonds. The van der Waals surface area contributed by atoms with E-state index >= 15 is 0 Å². The van der Waals surface area contributed by atoms with Gasteiger partial charge in [-0.15, -0.1) is 4.72 Å². The normalized spacial score (nSPS) is 11.0. The first-order valence-electron chi connectivity index (χ1n) is 2.80. The summed E-state index contributed by atoms with van der Waals surface area (Å²) in [6.07, 6.45) is 0. The molecule has 1 aromatic rings.